The second-order valence-electron chi connectivity index (χ2n) is 5.07. The van der Waals surface area contributed by atoms with E-state index in [0.717, 1.165) is 11.3 Å². The summed E-state index contributed by atoms with van der Waals surface area (Å²) in [5, 5.41) is 3.79. The summed E-state index contributed by atoms with van der Waals surface area (Å²) in [6, 6.07) is 11.0. The Morgan fingerprint density at radius 1 is 1.22 bits per heavy atom. The lowest BCUT2D eigenvalue weighted by Gasteiger charge is -2.07. The van der Waals surface area contributed by atoms with Crippen molar-refractivity contribution in [1.82, 2.24) is 4.98 Å². The van der Waals surface area contributed by atoms with Crippen LogP contribution in [0.15, 0.2) is 48.7 Å². The molecule has 4 nitrogen and oxygen atoms in total. The largest absolute Gasteiger partial charge is 0.399 e. The predicted octanol–water partition coefficient (Wildman–Crippen LogP) is 4.15. The van der Waals surface area contributed by atoms with Crippen molar-refractivity contribution in [2.24, 2.45) is 0 Å². The first kappa shape index (κ1) is 15.2. The lowest BCUT2D eigenvalue weighted by atomic mass is 10.1. The topological polar surface area (TPSA) is 68.0 Å². The molecule has 0 fully saturated rings. The van der Waals surface area contributed by atoms with Crippen molar-refractivity contribution in [3.05, 3.63) is 70.5 Å². The maximum absolute atomic E-state index is 12.9. The number of nitrogens with two attached hydrogens (primary N) is 1. The predicted molar refractivity (Wildman–Crippen MR) is 90.8 cm³/mol. The van der Waals surface area contributed by atoms with Crippen molar-refractivity contribution in [2.75, 3.05) is 11.1 Å². The van der Waals surface area contributed by atoms with Crippen LogP contribution in [0.4, 0.5) is 20.9 Å². The van der Waals surface area contributed by atoms with Crippen molar-refractivity contribution in [3.8, 4) is 0 Å². The number of anilines is 3. The minimum atomic E-state index is -0.368. The van der Waals surface area contributed by atoms with E-state index in [4.69, 9.17) is 5.73 Å². The molecule has 3 rings (SSSR count). The molecule has 0 amide bonds. The number of aryl methyl sites for hydroxylation is 1. The molecule has 1 heterocycles. The first-order chi connectivity index (χ1) is 11.0. The Balaban J connectivity index is 1.80. The van der Waals surface area contributed by atoms with Gasteiger partial charge in [0, 0.05) is 16.9 Å². The molecule has 0 aliphatic heterocycles. The molecular formula is C17H14FN3OS. The molecule has 0 atom stereocenters. The smallest absolute Gasteiger partial charge is 0.204 e. The summed E-state index contributed by atoms with van der Waals surface area (Å²) >= 11 is 1.25. The number of aromatic nitrogens is 1. The lowest BCUT2D eigenvalue weighted by molar-refractivity contribution is 0.104. The van der Waals surface area contributed by atoms with E-state index in [-0.39, 0.29) is 11.6 Å². The summed E-state index contributed by atoms with van der Waals surface area (Å²) in [6.45, 7) is 1.94. The van der Waals surface area contributed by atoms with Crippen molar-refractivity contribution in [3.63, 3.8) is 0 Å². The summed E-state index contributed by atoms with van der Waals surface area (Å²) in [6.07, 6.45) is 1.52. The van der Waals surface area contributed by atoms with E-state index in [1.54, 1.807) is 6.07 Å². The minimum absolute atomic E-state index is 0.176. The Morgan fingerprint density at radius 3 is 2.65 bits per heavy atom. The average Bonchev–Trinajstić information content (AvgIpc) is 2.99. The number of nitrogens with zero attached hydrogens (tertiary/aromatic N) is 1. The molecule has 0 bridgehead atoms. The van der Waals surface area contributed by atoms with Gasteiger partial charge in [-0.3, -0.25) is 4.79 Å². The molecule has 0 spiro atoms. The van der Waals surface area contributed by atoms with Crippen molar-refractivity contribution < 1.29 is 9.18 Å². The van der Waals surface area contributed by atoms with Crippen LogP contribution in [0.2, 0.25) is 0 Å². The standard InChI is InChI=1S/C17H14FN3OS/c1-10-8-13(19)6-7-14(10)21-17-20-9-15(23-17)16(22)11-2-4-12(18)5-3-11/h2-9H,19H2,1H3,(H,20,21). The zero-order chi connectivity index (χ0) is 16.4. The zero-order valence-corrected chi connectivity index (χ0v) is 13.2. The van der Waals surface area contributed by atoms with Gasteiger partial charge in [-0.25, -0.2) is 9.37 Å². The second-order valence-corrected chi connectivity index (χ2v) is 6.10. The number of thiazole rings is 1. The molecule has 0 unspecified atom stereocenters. The van der Waals surface area contributed by atoms with E-state index < -0.39 is 0 Å². The summed E-state index contributed by atoms with van der Waals surface area (Å²) in [5.74, 6) is -0.545. The van der Waals surface area contributed by atoms with E-state index >= 15 is 0 Å². The SMILES string of the molecule is Cc1cc(N)ccc1Nc1ncc(C(=O)c2ccc(F)cc2)s1. The second kappa shape index (κ2) is 6.18. The van der Waals surface area contributed by atoms with Crippen LogP contribution >= 0.6 is 11.3 Å². The van der Waals surface area contributed by atoms with Crippen LogP contribution < -0.4 is 11.1 Å². The van der Waals surface area contributed by atoms with Gasteiger partial charge in [-0.2, -0.15) is 0 Å². The summed E-state index contributed by atoms with van der Waals surface area (Å²) in [4.78, 5) is 17.1. The maximum Gasteiger partial charge on any atom is 0.204 e. The Kier molecular flexibility index (Phi) is 4.08. The van der Waals surface area contributed by atoms with Crippen LogP contribution in [0.3, 0.4) is 0 Å². The van der Waals surface area contributed by atoms with Gasteiger partial charge >= 0.3 is 0 Å². The Bertz CT molecular complexity index is 859. The third kappa shape index (κ3) is 3.37. The van der Waals surface area contributed by atoms with Gasteiger partial charge in [0.25, 0.3) is 0 Å². The van der Waals surface area contributed by atoms with Crippen LogP contribution in [0, 0.1) is 12.7 Å². The molecule has 0 saturated heterocycles. The molecule has 116 valence electrons. The van der Waals surface area contributed by atoms with Gasteiger partial charge < -0.3 is 11.1 Å². The Hall–Kier alpha value is -2.73. The van der Waals surface area contributed by atoms with Crippen LogP contribution in [-0.4, -0.2) is 10.8 Å². The Morgan fingerprint density at radius 2 is 1.96 bits per heavy atom. The quantitative estimate of drug-likeness (QED) is 0.558. The van der Waals surface area contributed by atoms with E-state index in [1.807, 2.05) is 19.1 Å². The van der Waals surface area contributed by atoms with E-state index in [2.05, 4.69) is 10.3 Å². The molecule has 1 aromatic heterocycles. The molecule has 0 aliphatic rings. The summed E-state index contributed by atoms with van der Waals surface area (Å²) < 4.78 is 12.9. The number of carbonyl (C=O) groups is 1. The minimum Gasteiger partial charge on any atom is -0.399 e. The van der Waals surface area contributed by atoms with Crippen LogP contribution in [0.25, 0.3) is 0 Å². The highest BCUT2D eigenvalue weighted by atomic mass is 32.1. The van der Waals surface area contributed by atoms with Gasteiger partial charge in [0.15, 0.2) is 5.13 Å². The molecule has 0 aliphatic carbocycles. The first-order valence-corrected chi connectivity index (χ1v) is 7.74. The highest BCUT2D eigenvalue weighted by Crippen LogP contribution is 2.27. The lowest BCUT2D eigenvalue weighted by Crippen LogP contribution is -1.98. The number of benzene rings is 2. The van der Waals surface area contributed by atoms with Gasteiger partial charge in [-0.05, 0) is 55.0 Å². The third-order valence-electron chi connectivity index (χ3n) is 3.33. The number of halogens is 1. The van der Waals surface area contributed by atoms with Gasteiger partial charge in [0.05, 0.1) is 11.1 Å². The number of hydrogen-bond acceptors (Lipinski definition) is 5. The molecule has 0 saturated carbocycles. The number of nitrogen functional groups attached to an aromatic ring is 1. The fourth-order valence-electron chi connectivity index (χ4n) is 2.12. The Labute approximate surface area is 136 Å². The number of rotatable bonds is 4. The van der Waals surface area contributed by atoms with Crippen LogP contribution in [-0.2, 0) is 0 Å². The van der Waals surface area contributed by atoms with Crippen molar-refractivity contribution in [1.29, 1.82) is 0 Å². The van der Waals surface area contributed by atoms with E-state index in [0.29, 0.717) is 21.3 Å². The monoisotopic (exact) mass is 327 g/mol. The van der Waals surface area contributed by atoms with Gasteiger partial charge in [-0.1, -0.05) is 11.3 Å². The molecule has 3 aromatic rings. The maximum atomic E-state index is 12.9. The molecule has 2 aromatic carbocycles. The average molecular weight is 327 g/mol. The van der Waals surface area contributed by atoms with E-state index in [9.17, 15) is 9.18 Å². The first-order valence-electron chi connectivity index (χ1n) is 6.92. The third-order valence-corrected chi connectivity index (χ3v) is 4.24. The van der Waals surface area contributed by atoms with Crippen molar-refractivity contribution in [2.45, 2.75) is 6.92 Å². The number of nitrogens with one attached hydrogen (secondary N) is 1. The van der Waals surface area contributed by atoms with Gasteiger partial charge in [0.2, 0.25) is 5.78 Å². The zero-order valence-electron chi connectivity index (χ0n) is 12.3. The fraction of sp³-hybridized carbons (Fsp3) is 0.0588. The number of ketones is 1. The van der Waals surface area contributed by atoms with Crippen LogP contribution in [0.1, 0.15) is 20.8 Å². The molecule has 23 heavy (non-hydrogen) atoms. The molecule has 6 heteroatoms. The van der Waals surface area contributed by atoms with Crippen molar-refractivity contribution >= 4 is 33.6 Å². The molecular weight excluding hydrogens is 313 g/mol. The summed E-state index contributed by atoms with van der Waals surface area (Å²) in [7, 11) is 0. The highest BCUT2D eigenvalue weighted by Gasteiger charge is 2.13. The van der Waals surface area contributed by atoms with E-state index in [1.165, 1.54) is 41.8 Å². The fourth-order valence-corrected chi connectivity index (χ4v) is 2.91. The van der Waals surface area contributed by atoms with Gasteiger partial charge in [0.1, 0.15) is 5.82 Å². The normalized spacial score (nSPS) is 10.5. The van der Waals surface area contributed by atoms with Gasteiger partial charge in [-0.15, -0.1) is 0 Å². The molecule has 3 N–H and O–H groups in total. The summed E-state index contributed by atoms with van der Waals surface area (Å²) in [5.41, 5.74) is 8.73. The molecule has 0 radical (unpaired) electrons. The van der Waals surface area contributed by atoms with Crippen LogP contribution in [0.5, 0.6) is 0 Å². The highest BCUT2D eigenvalue weighted by molar-refractivity contribution is 7.17. The number of hydrogen-bond donors (Lipinski definition) is 2. The number of carbonyl (C=O) groups excluding carboxylic acids is 1.